The van der Waals surface area contributed by atoms with Crippen LogP contribution < -0.4 is 10.2 Å². The molecule has 1 saturated heterocycles. The molecule has 0 bridgehead atoms. The Morgan fingerprint density at radius 3 is 2.48 bits per heavy atom. The summed E-state index contributed by atoms with van der Waals surface area (Å²) in [6.45, 7) is 3.28. The van der Waals surface area contributed by atoms with Gasteiger partial charge in [0.05, 0.1) is 6.54 Å². The number of piperazine rings is 1. The van der Waals surface area contributed by atoms with Gasteiger partial charge in [-0.1, -0.05) is 0 Å². The molecule has 1 amide bonds. The van der Waals surface area contributed by atoms with E-state index in [0.717, 1.165) is 49.5 Å². The van der Waals surface area contributed by atoms with Crippen molar-refractivity contribution in [3.8, 4) is 0 Å². The van der Waals surface area contributed by atoms with Crippen molar-refractivity contribution in [2.45, 2.75) is 0 Å². The van der Waals surface area contributed by atoms with Crippen molar-refractivity contribution in [2.75, 3.05) is 42.9 Å². The van der Waals surface area contributed by atoms with Crippen molar-refractivity contribution in [3.63, 3.8) is 0 Å². The number of nitrogens with one attached hydrogen (secondary N) is 1. The summed E-state index contributed by atoms with van der Waals surface area (Å²) in [6, 6.07) is 2.97. The summed E-state index contributed by atoms with van der Waals surface area (Å²) in [5.41, 5.74) is 0.133. The summed E-state index contributed by atoms with van der Waals surface area (Å²) in [7, 11) is 0. The average molecular weight is 338 g/mol. The highest BCUT2D eigenvalue weighted by molar-refractivity contribution is 7.13. The fraction of sp³-hybridized carbons (Fsp3) is 0.333. The quantitative estimate of drug-likeness (QED) is 0.928. The molecule has 8 heteroatoms. The van der Waals surface area contributed by atoms with Crippen molar-refractivity contribution in [1.29, 1.82) is 0 Å². The van der Waals surface area contributed by atoms with E-state index in [1.165, 1.54) is 0 Å². The van der Waals surface area contributed by atoms with E-state index in [-0.39, 0.29) is 18.1 Å². The highest BCUT2D eigenvalue weighted by atomic mass is 32.1. The van der Waals surface area contributed by atoms with E-state index in [0.29, 0.717) is 0 Å². The molecule has 0 spiro atoms. The summed E-state index contributed by atoms with van der Waals surface area (Å²) in [5.74, 6) is -1.70. The van der Waals surface area contributed by atoms with Crippen LogP contribution in [0.25, 0.3) is 0 Å². The number of halogens is 2. The minimum Gasteiger partial charge on any atom is -0.346 e. The van der Waals surface area contributed by atoms with Gasteiger partial charge in [0.1, 0.15) is 11.6 Å². The van der Waals surface area contributed by atoms with Gasteiger partial charge in [0, 0.05) is 49.5 Å². The minimum atomic E-state index is -0.711. The van der Waals surface area contributed by atoms with Crippen LogP contribution in [-0.4, -0.2) is 48.5 Å². The lowest BCUT2D eigenvalue weighted by Crippen LogP contribution is -2.48. The predicted octanol–water partition coefficient (Wildman–Crippen LogP) is 2.18. The Morgan fingerprint density at radius 1 is 1.17 bits per heavy atom. The standard InChI is InChI=1S/C15H16F2N4OS/c16-11-7-12(17)9-13(8-11)19-14(22)10-20-2-4-21(5-3-20)15-18-1-6-23-15/h1,6-9H,2-5,10H2,(H,19,22). The molecule has 1 aliphatic heterocycles. The molecule has 0 atom stereocenters. The molecule has 1 aromatic carbocycles. The molecule has 23 heavy (non-hydrogen) atoms. The van der Waals surface area contributed by atoms with Gasteiger partial charge in [0.15, 0.2) is 5.13 Å². The monoisotopic (exact) mass is 338 g/mol. The van der Waals surface area contributed by atoms with Crippen LogP contribution >= 0.6 is 11.3 Å². The number of rotatable bonds is 4. The van der Waals surface area contributed by atoms with Crippen LogP contribution in [0.3, 0.4) is 0 Å². The van der Waals surface area contributed by atoms with Crippen LogP contribution in [0.1, 0.15) is 0 Å². The zero-order chi connectivity index (χ0) is 16.2. The molecule has 2 heterocycles. The molecular formula is C15H16F2N4OS. The average Bonchev–Trinajstić information content (AvgIpc) is 3.01. The topological polar surface area (TPSA) is 48.5 Å². The first-order valence-corrected chi connectivity index (χ1v) is 8.11. The minimum absolute atomic E-state index is 0.133. The van der Waals surface area contributed by atoms with Gasteiger partial charge in [-0.05, 0) is 12.1 Å². The lowest BCUT2D eigenvalue weighted by molar-refractivity contribution is -0.117. The molecule has 122 valence electrons. The second kappa shape index (κ2) is 7.01. The fourth-order valence-corrected chi connectivity index (χ4v) is 3.20. The maximum absolute atomic E-state index is 13.1. The number of thiazole rings is 1. The first-order valence-electron chi connectivity index (χ1n) is 7.23. The Kier molecular flexibility index (Phi) is 4.82. The SMILES string of the molecule is O=C(CN1CCN(c2nccs2)CC1)Nc1cc(F)cc(F)c1. The first kappa shape index (κ1) is 15.8. The number of aromatic nitrogens is 1. The van der Waals surface area contributed by atoms with E-state index in [1.54, 1.807) is 17.5 Å². The molecular weight excluding hydrogens is 322 g/mol. The number of nitrogens with zero attached hydrogens (tertiary/aromatic N) is 3. The van der Waals surface area contributed by atoms with Crippen LogP contribution in [0, 0.1) is 11.6 Å². The van der Waals surface area contributed by atoms with Crippen molar-refractivity contribution in [2.24, 2.45) is 0 Å². The second-order valence-corrected chi connectivity index (χ2v) is 6.16. The Morgan fingerprint density at radius 2 is 1.87 bits per heavy atom. The summed E-state index contributed by atoms with van der Waals surface area (Å²) in [6.07, 6.45) is 1.78. The second-order valence-electron chi connectivity index (χ2n) is 5.28. The van der Waals surface area contributed by atoms with Crippen molar-refractivity contribution < 1.29 is 13.6 Å². The number of carbonyl (C=O) groups excluding carboxylic acids is 1. The van der Waals surface area contributed by atoms with E-state index in [1.807, 2.05) is 10.3 Å². The van der Waals surface area contributed by atoms with E-state index >= 15 is 0 Å². The Hall–Kier alpha value is -2.06. The number of hydrogen-bond acceptors (Lipinski definition) is 5. The first-order chi connectivity index (χ1) is 11.1. The van der Waals surface area contributed by atoms with Crippen LogP contribution in [0.15, 0.2) is 29.8 Å². The smallest absolute Gasteiger partial charge is 0.238 e. The molecule has 1 aliphatic rings. The van der Waals surface area contributed by atoms with Crippen molar-refractivity contribution in [1.82, 2.24) is 9.88 Å². The van der Waals surface area contributed by atoms with Crippen LogP contribution in [0.2, 0.25) is 0 Å². The van der Waals surface area contributed by atoms with Crippen LogP contribution in [-0.2, 0) is 4.79 Å². The van der Waals surface area contributed by atoms with Crippen LogP contribution in [0.5, 0.6) is 0 Å². The Balaban J connectivity index is 1.49. The Bertz CT molecular complexity index is 652. The third-order valence-electron chi connectivity index (χ3n) is 3.58. The van der Waals surface area contributed by atoms with Gasteiger partial charge < -0.3 is 10.2 Å². The summed E-state index contributed by atoms with van der Waals surface area (Å²) < 4.78 is 26.2. The molecule has 1 aromatic heterocycles. The van der Waals surface area contributed by atoms with Crippen molar-refractivity contribution in [3.05, 3.63) is 41.4 Å². The number of carbonyl (C=O) groups is 1. The van der Waals surface area contributed by atoms with Crippen molar-refractivity contribution >= 4 is 28.1 Å². The maximum Gasteiger partial charge on any atom is 0.238 e. The molecule has 0 saturated carbocycles. The van der Waals surface area contributed by atoms with Gasteiger partial charge in [-0.25, -0.2) is 13.8 Å². The molecule has 0 aliphatic carbocycles. The zero-order valence-corrected chi connectivity index (χ0v) is 13.2. The van der Waals surface area contributed by atoms with E-state index in [9.17, 15) is 13.6 Å². The lowest BCUT2D eigenvalue weighted by Gasteiger charge is -2.34. The highest BCUT2D eigenvalue weighted by Crippen LogP contribution is 2.19. The Labute approximate surface area is 136 Å². The number of benzene rings is 1. The van der Waals surface area contributed by atoms with Gasteiger partial charge in [0.25, 0.3) is 0 Å². The van der Waals surface area contributed by atoms with Gasteiger partial charge in [0.2, 0.25) is 5.91 Å². The number of anilines is 2. The molecule has 5 nitrogen and oxygen atoms in total. The van der Waals surface area contributed by atoms with E-state index < -0.39 is 11.6 Å². The third-order valence-corrected chi connectivity index (χ3v) is 4.41. The number of amides is 1. The van der Waals surface area contributed by atoms with Gasteiger partial charge in [-0.15, -0.1) is 11.3 Å². The van der Waals surface area contributed by atoms with Gasteiger partial charge in [-0.3, -0.25) is 9.69 Å². The summed E-state index contributed by atoms with van der Waals surface area (Å²) >= 11 is 1.60. The summed E-state index contributed by atoms with van der Waals surface area (Å²) in [5, 5.41) is 5.45. The molecule has 1 fully saturated rings. The predicted molar refractivity (Wildman–Crippen MR) is 85.8 cm³/mol. The van der Waals surface area contributed by atoms with Crippen LogP contribution in [0.4, 0.5) is 19.6 Å². The molecule has 0 radical (unpaired) electrons. The third kappa shape index (κ3) is 4.23. The number of hydrogen-bond donors (Lipinski definition) is 1. The maximum atomic E-state index is 13.1. The fourth-order valence-electron chi connectivity index (χ4n) is 2.50. The summed E-state index contributed by atoms with van der Waals surface area (Å²) in [4.78, 5) is 20.5. The molecule has 2 aromatic rings. The normalized spacial score (nSPS) is 15.7. The lowest BCUT2D eigenvalue weighted by atomic mass is 10.3. The van der Waals surface area contributed by atoms with E-state index in [4.69, 9.17) is 0 Å². The molecule has 3 rings (SSSR count). The molecule has 0 unspecified atom stereocenters. The van der Waals surface area contributed by atoms with Gasteiger partial charge in [-0.2, -0.15) is 0 Å². The van der Waals surface area contributed by atoms with Gasteiger partial charge >= 0.3 is 0 Å². The zero-order valence-electron chi connectivity index (χ0n) is 12.3. The largest absolute Gasteiger partial charge is 0.346 e. The molecule has 1 N–H and O–H groups in total. The highest BCUT2D eigenvalue weighted by Gasteiger charge is 2.20. The van der Waals surface area contributed by atoms with E-state index in [2.05, 4.69) is 15.2 Å².